The highest BCUT2D eigenvalue weighted by molar-refractivity contribution is 9.10. The van der Waals surface area contributed by atoms with Crippen LogP contribution < -0.4 is 4.90 Å². The number of carbonyl (C=O) groups excluding carboxylic acids is 1. The lowest BCUT2D eigenvalue weighted by atomic mass is 10.1. The van der Waals surface area contributed by atoms with Crippen molar-refractivity contribution in [2.24, 2.45) is 0 Å². The number of nitrogens with zero attached hydrogens (tertiary/aromatic N) is 3. The molecule has 0 atom stereocenters. The maximum absolute atomic E-state index is 14.4. The molecule has 158 valence electrons. The Morgan fingerprint density at radius 1 is 1.17 bits per heavy atom. The maximum Gasteiger partial charge on any atom is 0.279 e. The normalized spacial score (nSPS) is 13.0. The van der Waals surface area contributed by atoms with E-state index in [1.807, 2.05) is 13.8 Å². The molecule has 0 fully saturated rings. The second-order valence-electron chi connectivity index (χ2n) is 6.29. The molecular weight excluding hydrogens is 483 g/mol. The van der Waals surface area contributed by atoms with E-state index in [1.54, 1.807) is 6.07 Å². The lowest BCUT2D eigenvalue weighted by Crippen LogP contribution is -2.38. The molecular formula is C21H18BrClF3N3O. The smallest absolute Gasteiger partial charge is 0.279 e. The average molecular weight is 501 g/mol. The van der Waals surface area contributed by atoms with Gasteiger partial charge in [0.15, 0.2) is 11.5 Å². The van der Waals surface area contributed by atoms with Crippen LogP contribution in [0.1, 0.15) is 35.5 Å². The molecule has 0 saturated carbocycles. The van der Waals surface area contributed by atoms with Crippen LogP contribution in [0.25, 0.3) is 0 Å². The van der Waals surface area contributed by atoms with Crippen LogP contribution in [0, 0.1) is 17.5 Å². The van der Waals surface area contributed by atoms with E-state index in [2.05, 4.69) is 21.0 Å². The summed E-state index contributed by atoms with van der Waals surface area (Å²) in [6, 6.07) is 7.58. The van der Waals surface area contributed by atoms with Gasteiger partial charge in [0.05, 0.1) is 17.3 Å². The summed E-state index contributed by atoms with van der Waals surface area (Å²) in [5.41, 5.74) is 0.950. The SMILES string of the molecule is CC.O=C1c2nn(Cc3cc(F)ccc3F)c(Br)c2CCN1c1cccc(Cl)c1F. The van der Waals surface area contributed by atoms with E-state index in [4.69, 9.17) is 11.6 Å². The summed E-state index contributed by atoms with van der Waals surface area (Å²) < 4.78 is 43.6. The van der Waals surface area contributed by atoms with E-state index in [9.17, 15) is 18.0 Å². The molecule has 2 heterocycles. The first-order chi connectivity index (χ1) is 14.4. The van der Waals surface area contributed by atoms with E-state index in [0.717, 1.165) is 18.2 Å². The standard InChI is InChI=1S/C19H12BrClF3N3O.C2H6/c20-18-12-6-7-26(15-3-1-2-13(21)16(15)24)19(28)17(12)25-27(18)9-10-8-11(22)4-5-14(10)23;1-2/h1-5,8H,6-7,9H2;1-2H3. The molecule has 2 aromatic carbocycles. The monoisotopic (exact) mass is 499 g/mol. The van der Waals surface area contributed by atoms with Crippen LogP contribution in [0.2, 0.25) is 5.02 Å². The van der Waals surface area contributed by atoms with Crippen LogP contribution in [0.3, 0.4) is 0 Å². The van der Waals surface area contributed by atoms with Crippen molar-refractivity contribution in [3.63, 3.8) is 0 Å². The van der Waals surface area contributed by atoms with Gasteiger partial charge in [-0.05, 0) is 52.7 Å². The largest absolute Gasteiger partial charge is 0.304 e. The lowest BCUT2D eigenvalue weighted by molar-refractivity contribution is 0.0974. The Kier molecular flexibility index (Phi) is 6.88. The fourth-order valence-corrected chi connectivity index (χ4v) is 3.95. The third-order valence-electron chi connectivity index (χ3n) is 4.57. The van der Waals surface area contributed by atoms with Gasteiger partial charge in [0.1, 0.15) is 16.2 Å². The third kappa shape index (κ3) is 4.11. The van der Waals surface area contributed by atoms with Crippen molar-refractivity contribution in [3.8, 4) is 0 Å². The highest BCUT2D eigenvalue weighted by Crippen LogP contribution is 2.32. The zero-order chi connectivity index (χ0) is 22.0. The third-order valence-corrected chi connectivity index (χ3v) is 5.75. The maximum atomic E-state index is 14.4. The van der Waals surface area contributed by atoms with Gasteiger partial charge in [-0.15, -0.1) is 0 Å². The topological polar surface area (TPSA) is 38.1 Å². The van der Waals surface area contributed by atoms with E-state index in [0.29, 0.717) is 16.6 Å². The summed E-state index contributed by atoms with van der Waals surface area (Å²) >= 11 is 9.21. The summed E-state index contributed by atoms with van der Waals surface area (Å²) in [5, 5.41) is 4.18. The van der Waals surface area contributed by atoms with Crippen molar-refractivity contribution < 1.29 is 18.0 Å². The molecule has 3 aromatic rings. The van der Waals surface area contributed by atoms with Gasteiger partial charge in [-0.25, -0.2) is 13.2 Å². The molecule has 30 heavy (non-hydrogen) atoms. The predicted octanol–water partition coefficient (Wildman–Crippen LogP) is 5.99. The summed E-state index contributed by atoms with van der Waals surface area (Å²) in [7, 11) is 0. The minimum absolute atomic E-state index is 0.0595. The highest BCUT2D eigenvalue weighted by atomic mass is 79.9. The molecule has 0 bridgehead atoms. The summed E-state index contributed by atoms with van der Waals surface area (Å²) in [6.07, 6.45) is 0.416. The van der Waals surface area contributed by atoms with Gasteiger partial charge in [0.25, 0.3) is 5.91 Å². The first-order valence-electron chi connectivity index (χ1n) is 9.32. The molecule has 1 aliphatic heterocycles. The number of hydrogen-bond donors (Lipinski definition) is 0. The molecule has 1 aliphatic rings. The number of benzene rings is 2. The average Bonchev–Trinajstić information content (AvgIpc) is 3.06. The Hall–Kier alpha value is -2.32. The number of amides is 1. The molecule has 1 aromatic heterocycles. The van der Waals surface area contributed by atoms with Gasteiger partial charge in [0.2, 0.25) is 0 Å². The number of fused-ring (bicyclic) bond motifs is 1. The van der Waals surface area contributed by atoms with Gasteiger partial charge in [-0.2, -0.15) is 5.10 Å². The Morgan fingerprint density at radius 3 is 2.63 bits per heavy atom. The zero-order valence-corrected chi connectivity index (χ0v) is 18.6. The lowest BCUT2D eigenvalue weighted by Gasteiger charge is -2.26. The zero-order valence-electron chi connectivity index (χ0n) is 16.2. The van der Waals surface area contributed by atoms with Crippen molar-refractivity contribution in [2.45, 2.75) is 26.8 Å². The van der Waals surface area contributed by atoms with Crippen molar-refractivity contribution >= 4 is 39.1 Å². The fourth-order valence-electron chi connectivity index (χ4n) is 3.19. The second-order valence-corrected chi connectivity index (χ2v) is 7.45. The van der Waals surface area contributed by atoms with Crippen LogP contribution >= 0.6 is 27.5 Å². The molecule has 0 unspecified atom stereocenters. The first kappa shape index (κ1) is 22.4. The van der Waals surface area contributed by atoms with Gasteiger partial charge < -0.3 is 4.90 Å². The molecule has 1 amide bonds. The molecule has 0 saturated heterocycles. The Labute approximate surface area is 185 Å². The van der Waals surface area contributed by atoms with Crippen molar-refractivity contribution in [1.82, 2.24) is 9.78 Å². The van der Waals surface area contributed by atoms with Crippen LogP contribution in [0.4, 0.5) is 18.9 Å². The van der Waals surface area contributed by atoms with Crippen molar-refractivity contribution in [2.75, 3.05) is 11.4 Å². The minimum Gasteiger partial charge on any atom is -0.304 e. The van der Waals surface area contributed by atoms with Gasteiger partial charge in [-0.3, -0.25) is 9.48 Å². The number of halogens is 5. The quantitative estimate of drug-likeness (QED) is 0.443. The van der Waals surface area contributed by atoms with E-state index in [-0.39, 0.29) is 35.1 Å². The van der Waals surface area contributed by atoms with Crippen LogP contribution in [-0.2, 0) is 13.0 Å². The molecule has 0 radical (unpaired) electrons. The van der Waals surface area contributed by atoms with Crippen LogP contribution in [0.15, 0.2) is 41.0 Å². The van der Waals surface area contributed by atoms with Crippen molar-refractivity contribution in [3.05, 3.63) is 80.3 Å². The first-order valence-corrected chi connectivity index (χ1v) is 10.5. The second kappa shape index (κ2) is 9.22. The molecule has 0 aliphatic carbocycles. The molecule has 9 heteroatoms. The van der Waals surface area contributed by atoms with Crippen LogP contribution in [0.5, 0.6) is 0 Å². The van der Waals surface area contributed by atoms with E-state index in [1.165, 1.54) is 21.7 Å². The number of carbonyl (C=O) groups is 1. The van der Waals surface area contributed by atoms with Crippen LogP contribution in [-0.4, -0.2) is 22.2 Å². The van der Waals surface area contributed by atoms with Crippen molar-refractivity contribution in [1.29, 1.82) is 0 Å². The Morgan fingerprint density at radius 2 is 1.90 bits per heavy atom. The fraction of sp³-hybridized carbons (Fsp3) is 0.238. The molecule has 4 nitrogen and oxygen atoms in total. The summed E-state index contributed by atoms with van der Waals surface area (Å²) in [5.74, 6) is -2.30. The summed E-state index contributed by atoms with van der Waals surface area (Å²) in [4.78, 5) is 14.2. The van der Waals surface area contributed by atoms with E-state index >= 15 is 0 Å². The van der Waals surface area contributed by atoms with E-state index < -0.39 is 23.4 Å². The number of rotatable bonds is 3. The Bertz CT molecular complexity index is 1100. The number of anilines is 1. The molecule has 4 rings (SSSR count). The Balaban J connectivity index is 0.00000124. The van der Waals surface area contributed by atoms with Gasteiger partial charge >= 0.3 is 0 Å². The highest BCUT2D eigenvalue weighted by Gasteiger charge is 2.33. The molecule has 0 N–H and O–H groups in total. The van der Waals surface area contributed by atoms with Gasteiger partial charge in [-0.1, -0.05) is 31.5 Å². The minimum atomic E-state index is -0.679. The summed E-state index contributed by atoms with van der Waals surface area (Å²) in [6.45, 7) is 4.18. The number of hydrogen-bond acceptors (Lipinski definition) is 2. The van der Waals surface area contributed by atoms with Gasteiger partial charge in [0, 0.05) is 17.7 Å². The number of aromatic nitrogens is 2. The predicted molar refractivity (Wildman–Crippen MR) is 114 cm³/mol. The molecule has 0 spiro atoms.